The van der Waals surface area contributed by atoms with Crippen LogP contribution in [0, 0.1) is 6.92 Å². The summed E-state index contributed by atoms with van der Waals surface area (Å²) in [6.07, 6.45) is -4.25. The Bertz CT molecular complexity index is 1180. The number of aromatic nitrogens is 2. The zero-order valence-electron chi connectivity index (χ0n) is 16.8. The molecule has 0 unspecified atom stereocenters. The molecule has 2 aliphatic heterocycles. The fourth-order valence-electron chi connectivity index (χ4n) is 3.89. The highest BCUT2D eigenvalue weighted by atomic mass is 19.4. The Morgan fingerprint density at radius 1 is 1.12 bits per heavy atom. The average molecular weight is 449 g/mol. The second-order valence-electron chi connectivity index (χ2n) is 7.74. The summed E-state index contributed by atoms with van der Waals surface area (Å²) < 4.78 is 40.4. The number of piperidine rings is 1. The number of carbonyl (C=O) groups is 3. The number of imide groups is 1. The molecular formula is C20H18F3N5O4. The van der Waals surface area contributed by atoms with Crippen molar-refractivity contribution in [2.45, 2.75) is 31.5 Å². The van der Waals surface area contributed by atoms with Gasteiger partial charge in [-0.3, -0.25) is 19.7 Å². The minimum atomic E-state index is -4.56. The maximum absolute atomic E-state index is 13.1. The van der Waals surface area contributed by atoms with Crippen LogP contribution in [0.4, 0.5) is 18.0 Å². The van der Waals surface area contributed by atoms with Gasteiger partial charge in [-0.25, -0.2) is 9.48 Å². The van der Waals surface area contributed by atoms with Crippen molar-refractivity contribution in [3.05, 3.63) is 57.5 Å². The van der Waals surface area contributed by atoms with Crippen LogP contribution in [0.2, 0.25) is 0 Å². The molecule has 168 valence electrons. The zero-order valence-corrected chi connectivity index (χ0v) is 16.8. The molecule has 0 bridgehead atoms. The first-order valence-electron chi connectivity index (χ1n) is 9.72. The van der Waals surface area contributed by atoms with Crippen molar-refractivity contribution in [2.24, 2.45) is 0 Å². The first-order chi connectivity index (χ1) is 15.0. The van der Waals surface area contributed by atoms with E-state index in [1.54, 1.807) is 0 Å². The number of aryl methyl sites for hydroxylation is 1. The topological polar surface area (TPSA) is 113 Å². The monoisotopic (exact) mass is 449 g/mol. The summed E-state index contributed by atoms with van der Waals surface area (Å²) in [6, 6.07) is 4.93. The van der Waals surface area contributed by atoms with E-state index in [1.165, 1.54) is 24.0 Å². The molecule has 4 rings (SSSR count). The number of hydrogen-bond donors (Lipinski definition) is 2. The lowest BCUT2D eigenvalue weighted by Crippen LogP contribution is -2.56. The quantitative estimate of drug-likeness (QED) is 0.673. The van der Waals surface area contributed by atoms with Gasteiger partial charge < -0.3 is 10.2 Å². The van der Waals surface area contributed by atoms with Gasteiger partial charge in [-0.2, -0.15) is 18.3 Å². The molecule has 0 atom stereocenters. The van der Waals surface area contributed by atoms with Crippen LogP contribution < -0.4 is 16.1 Å². The third-order valence-corrected chi connectivity index (χ3v) is 5.65. The molecule has 1 spiro atoms. The van der Waals surface area contributed by atoms with Crippen LogP contribution in [0.5, 0.6) is 0 Å². The molecule has 2 N–H and O–H groups in total. The summed E-state index contributed by atoms with van der Waals surface area (Å²) in [4.78, 5) is 50.3. The van der Waals surface area contributed by atoms with Gasteiger partial charge in [0.15, 0.2) is 5.69 Å². The van der Waals surface area contributed by atoms with E-state index in [4.69, 9.17) is 0 Å². The van der Waals surface area contributed by atoms with E-state index in [-0.39, 0.29) is 37.3 Å². The summed E-state index contributed by atoms with van der Waals surface area (Å²) in [7, 11) is 0. The Morgan fingerprint density at radius 3 is 2.41 bits per heavy atom. The van der Waals surface area contributed by atoms with Gasteiger partial charge in [0.1, 0.15) is 5.54 Å². The van der Waals surface area contributed by atoms with Crippen LogP contribution in [0.15, 0.2) is 35.1 Å². The summed E-state index contributed by atoms with van der Waals surface area (Å²) in [5, 5.41) is 8.80. The smallest absolute Gasteiger partial charge is 0.337 e. The van der Waals surface area contributed by atoms with Crippen LogP contribution in [0.3, 0.4) is 0 Å². The van der Waals surface area contributed by atoms with Gasteiger partial charge in [0.25, 0.3) is 11.8 Å². The Morgan fingerprint density at radius 2 is 1.81 bits per heavy atom. The fraction of sp³-hybridized carbons (Fsp3) is 0.350. The molecule has 2 aromatic rings. The molecular weight excluding hydrogens is 431 g/mol. The van der Waals surface area contributed by atoms with Crippen molar-refractivity contribution in [2.75, 3.05) is 13.1 Å². The lowest BCUT2D eigenvalue weighted by atomic mass is 9.87. The number of hydrogen-bond acceptors (Lipinski definition) is 5. The van der Waals surface area contributed by atoms with Gasteiger partial charge in [0.2, 0.25) is 5.43 Å². The second kappa shape index (κ2) is 7.46. The normalized spacial score (nSPS) is 17.9. The van der Waals surface area contributed by atoms with E-state index >= 15 is 0 Å². The van der Waals surface area contributed by atoms with Crippen LogP contribution in [0.1, 0.15) is 34.6 Å². The van der Waals surface area contributed by atoms with Crippen molar-refractivity contribution in [3.8, 4) is 5.69 Å². The number of benzene rings is 1. The highest BCUT2D eigenvalue weighted by Crippen LogP contribution is 2.30. The maximum Gasteiger partial charge on any atom is 0.416 e. The van der Waals surface area contributed by atoms with Crippen LogP contribution in [-0.2, 0) is 11.0 Å². The third-order valence-electron chi connectivity index (χ3n) is 5.65. The molecule has 2 fully saturated rings. The van der Waals surface area contributed by atoms with Gasteiger partial charge in [-0.1, -0.05) is 6.07 Å². The Kier molecular flexibility index (Phi) is 5.02. The summed E-state index contributed by atoms with van der Waals surface area (Å²) in [6.45, 7) is 1.67. The van der Waals surface area contributed by atoms with Gasteiger partial charge in [-0.05, 0) is 38.0 Å². The average Bonchev–Trinajstić information content (AvgIpc) is 3.00. The minimum Gasteiger partial charge on any atom is -0.337 e. The summed E-state index contributed by atoms with van der Waals surface area (Å²) in [5.41, 5.74) is -2.77. The van der Waals surface area contributed by atoms with E-state index in [9.17, 15) is 32.3 Å². The molecule has 4 amide bonds. The highest BCUT2D eigenvalue weighted by molar-refractivity contribution is 6.07. The zero-order chi connectivity index (χ0) is 23.3. The van der Waals surface area contributed by atoms with Crippen molar-refractivity contribution in [1.29, 1.82) is 0 Å². The van der Waals surface area contributed by atoms with Crippen molar-refractivity contribution in [1.82, 2.24) is 25.3 Å². The molecule has 9 nitrogen and oxygen atoms in total. The number of nitrogens with zero attached hydrogens (tertiary/aromatic N) is 3. The number of urea groups is 1. The Balaban J connectivity index is 1.61. The minimum absolute atomic E-state index is 0.0503. The predicted molar refractivity (Wildman–Crippen MR) is 104 cm³/mol. The van der Waals surface area contributed by atoms with E-state index in [1.807, 2.05) is 0 Å². The van der Waals surface area contributed by atoms with E-state index in [2.05, 4.69) is 15.7 Å². The Hall–Kier alpha value is -3.70. The number of rotatable bonds is 2. The lowest BCUT2D eigenvalue weighted by Gasteiger charge is -2.36. The van der Waals surface area contributed by atoms with Crippen molar-refractivity contribution < 1.29 is 27.6 Å². The maximum atomic E-state index is 13.1. The number of amides is 4. The number of likely N-dealkylation sites (tertiary alicyclic amines) is 1. The van der Waals surface area contributed by atoms with E-state index < -0.39 is 46.2 Å². The number of halogens is 3. The molecule has 2 aliphatic rings. The fourth-order valence-corrected chi connectivity index (χ4v) is 3.89. The molecule has 3 heterocycles. The largest absolute Gasteiger partial charge is 0.416 e. The third kappa shape index (κ3) is 3.72. The van der Waals surface area contributed by atoms with Gasteiger partial charge in [0.05, 0.1) is 11.3 Å². The first-order valence-corrected chi connectivity index (χ1v) is 9.72. The Labute approximate surface area is 179 Å². The molecule has 0 saturated carbocycles. The lowest BCUT2D eigenvalue weighted by molar-refractivity contribution is -0.137. The van der Waals surface area contributed by atoms with Crippen molar-refractivity contribution >= 4 is 17.8 Å². The van der Waals surface area contributed by atoms with Crippen LogP contribution in [-0.4, -0.2) is 51.2 Å². The number of nitrogens with one attached hydrogen (secondary N) is 2. The van der Waals surface area contributed by atoms with E-state index in [0.29, 0.717) is 0 Å². The summed E-state index contributed by atoms with van der Waals surface area (Å²) in [5.74, 6) is -1.16. The molecule has 32 heavy (non-hydrogen) atoms. The van der Waals surface area contributed by atoms with E-state index in [0.717, 1.165) is 22.9 Å². The SMILES string of the molecule is Cc1cc(=O)c(C(=O)N2CCC3(CC2)NC(=O)NC3=O)nn1-c1cccc(C(F)(F)F)c1. The molecule has 0 aliphatic carbocycles. The molecule has 12 heteroatoms. The van der Waals surface area contributed by atoms with Crippen molar-refractivity contribution in [3.63, 3.8) is 0 Å². The van der Waals surface area contributed by atoms with Crippen LogP contribution >= 0.6 is 0 Å². The standard InChI is InChI=1S/C20H18F3N5O4/c1-11-9-14(29)15(26-28(11)13-4-2-3-12(10-13)20(21,22)23)16(30)27-7-5-19(6-8-27)17(31)24-18(32)25-19/h2-4,9-10H,5-8H2,1H3,(H2,24,25,31,32). The molecule has 1 aromatic carbocycles. The summed E-state index contributed by atoms with van der Waals surface area (Å²) >= 11 is 0. The number of alkyl halides is 3. The number of carbonyl (C=O) groups excluding carboxylic acids is 3. The van der Waals surface area contributed by atoms with Gasteiger partial charge in [-0.15, -0.1) is 0 Å². The van der Waals surface area contributed by atoms with Gasteiger partial charge in [0, 0.05) is 24.8 Å². The first kappa shape index (κ1) is 21.5. The second-order valence-corrected chi connectivity index (χ2v) is 7.74. The molecule has 1 aromatic heterocycles. The van der Waals surface area contributed by atoms with Gasteiger partial charge >= 0.3 is 12.2 Å². The molecule has 0 radical (unpaired) electrons. The molecule has 2 saturated heterocycles. The highest BCUT2D eigenvalue weighted by Gasteiger charge is 2.48. The van der Waals surface area contributed by atoms with Crippen LogP contribution in [0.25, 0.3) is 5.69 Å². The predicted octanol–water partition coefficient (Wildman–Crippen LogP) is 1.37.